The molecule has 1 aliphatic heterocycles. The highest BCUT2D eigenvalue weighted by molar-refractivity contribution is 6.61. The van der Waals surface area contributed by atoms with Crippen molar-refractivity contribution in [3.8, 4) is 34.1 Å². The molecule has 0 aromatic heterocycles. The number of ether oxygens (including phenoxy) is 5. The standard InChI is InChI=1S/C55H67F3O8Si/c1-50(2,3)64-67(65-51(4,5)6,66-52(7,8)9)29-26-53(10,11)62-28-27-61-38-22-18-35(19-23-38)55(34-16-20-36(56)21-17-34)25-24-39-48-46(42-30-37(57)31-43(58)47(42)54(48,12)13)40-32-44(59-14)45(60-15)33-41(40)49(39)63-55/h16-25,30-33H,26-29H2,1-15H3. The van der Waals surface area contributed by atoms with Crippen LogP contribution in [0.5, 0.6) is 23.0 Å². The van der Waals surface area contributed by atoms with Crippen molar-refractivity contribution in [3.05, 3.63) is 124 Å². The molecule has 1 atom stereocenters. The Kier molecular flexibility index (Phi) is 13.4. The van der Waals surface area contributed by atoms with Gasteiger partial charge in [0.2, 0.25) is 0 Å². The SMILES string of the molecule is COc1cc2c3c(c4c(c2cc1OC)-c1cc(F)cc(F)c1C4(C)C)C=CC(c1ccc(F)cc1)(c1ccc(OCCOC(C)(C)CC[Si](OC(C)(C)C)(OC(C)(C)C)OC(C)(C)C)cc1)O3. The maximum absolute atomic E-state index is 15.9. The number of halogens is 3. The first-order valence-corrected chi connectivity index (χ1v) is 24.9. The summed E-state index contributed by atoms with van der Waals surface area (Å²) in [7, 11) is -0.120. The monoisotopic (exact) mass is 940 g/mol. The third-order valence-electron chi connectivity index (χ3n) is 11.9. The van der Waals surface area contributed by atoms with Gasteiger partial charge in [0.15, 0.2) is 17.1 Å². The maximum Gasteiger partial charge on any atom is 0.502 e. The number of benzene rings is 5. The van der Waals surface area contributed by atoms with Gasteiger partial charge in [-0.3, -0.25) is 0 Å². The largest absolute Gasteiger partial charge is 0.502 e. The first-order chi connectivity index (χ1) is 31.1. The lowest BCUT2D eigenvalue weighted by Crippen LogP contribution is -2.57. The van der Waals surface area contributed by atoms with Crippen molar-refractivity contribution >= 4 is 25.7 Å². The third kappa shape index (κ3) is 10.4. The predicted molar refractivity (Wildman–Crippen MR) is 261 cm³/mol. The molecule has 5 aromatic rings. The lowest BCUT2D eigenvalue weighted by Gasteiger charge is -2.44. The lowest BCUT2D eigenvalue weighted by molar-refractivity contribution is -0.0823. The molecule has 0 amide bonds. The van der Waals surface area contributed by atoms with Gasteiger partial charge in [0.05, 0.1) is 43.2 Å². The number of hydrogen-bond donors (Lipinski definition) is 0. The van der Waals surface area contributed by atoms with Crippen LogP contribution in [0, 0.1) is 17.5 Å². The predicted octanol–water partition coefficient (Wildman–Crippen LogP) is 13.9. The second-order valence-electron chi connectivity index (χ2n) is 21.7. The summed E-state index contributed by atoms with van der Waals surface area (Å²) in [5, 5.41) is 1.33. The molecule has 0 radical (unpaired) electrons. The fourth-order valence-electron chi connectivity index (χ4n) is 9.52. The van der Waals surface area contributed by atoms with Crippen molar-refractivity contribution in [2.45, 2.75) is 136 Å². The zero-order valence-electron chi connectivity index (χ0n) is 41.8. The number of rotatable bonds is 15. The van der Waals surface area contributed by atoms with Crippen LogP contribution in [0.3, 0.4) is 0 Å². The van der Waals surface area contributed by atoms with Gasteiger partial charge in [-0.1, -0.05) is 44.2 Å². The van der Waals surface area contributed by atoms with Crippen LogP contribution in [0.15, 0.2) is 78.9 Å². The third-order valence-corrected chi connectivity index (χ3v) is 15.6. The molecule has 0 saturated carbocycles. The molecular formula is C55H67F3O8Si. The molecule has 0 bridgehead atoms. The summed E-state index contributed by atoms with van der Waals surface area (Å²) in [6.45, 7) is 26.8. The molecule has 0 saturated heterocycles. The molecule has 1 heterocycles. The van der Waals surface area contributed by atoms with Crippen molar-refractivity contribution in [1.29, 1.82) is 0 Å². The highest BCUT2D eigenvalue weighted by Gasteiger charge is 2.51. The van der Waals surface area contributed by atoms with Crippen molar-refractivity contribution in [3.63, 3.8) is 0 Å². The minimum Gasteiger partial charge on any atom is -0.493 e. The van der Waals surface area contributed by atoms with Crippen LogP contribution in [-0.2, 0) is 29.0 Å². The highest BCUT2D eigenvalue weighted by Crippen LogP contribution is 2.59. The smallest absolute Gasteiger partial charge is 0.493 e. The van der Waals surface area contributed by atoms with E-state index >= 15 is 8.78 Å². The van der Waals surface area contributed by atoms with E-state index in [2.05, 4.69) is 13.8 Å². The van der Waals surface area contributed by atoms with Gasteiger partial charge < -0.3 is 37.0 Å². The molecule has 1 aliphatic carbocycles. The van der Waals surface area contributed by atoms with Crippen LogP contribution in [0.2, 0.25) is 6.04 Å². The van der Waals surface area contributed by atoms with Crippen molar-refractivity contribution in [2.24, 2.45) is 0 Å². The quantitative estimate of drug-likeness (QED) is 0.0759. The fraction of sp³-hybridized carbons (Fsp3) is 0.455. The molecule has 5 aromatic carbocycles. The van der Waals surface area contributed by atoms with Crippen LogP contribution in [0.1, 0.15) is 124 Å². The molecule has 7 rings (SSSR count). The van der Waals surface area contributed by atoms with E-state index in [1.165, 1.54) is 18.2 Å². The molecule has 360 valence electrons. The van der Waals surface area contributed by atoms with Crippen molar-refractivity contribution < 1.29 is 50.1 Å². The van der Waals surface area contributed by atoms with Gasteiger partial charge in [0.1, 0.15) is 35.6 Å². The summed E-state index contributed by atoms with van der Waals surface area (Å²) in [5.41, 5.74) is 0.359. The van der Waals surface area contributed by atoms with Crippen LogP contribution < -0.4 is 18.9 Å². The molecule has 67 heavy (non-hydrogen) atoms. The maximum atomic E-state index is 15.9. The normalized spacial score (nSPS) is 16.9. The number of fused-ring (bicyclic) bond motifs is 8. The lowest BCUT2D eigenvalue weighted by atomic mass is 9.76. The van der Waals surface area contributed by atoms with Crippen molar-refractivity contribution in [1.82, 2.24) is 0 Å². The van der Waals surface area contributed by atoms with Gasteiger partial charge in [0.25, 0.3) is 0 Å². The Labute approximate surface area is 396 Å². The highest BCUT2D eigenvalue weighted by atomic mass is 28.4. The first kappa shape index (κ1) is 50.0. The van der Waals surface area contributed by atoms with Gasteiger partial charge in [-0.05, 0) is 153 Å². The minimum atomic E-state index is -3.22. The van der Waals surface area contributed by atoms with Gasteiger partial charge in [-0.25, -0.2) is 13.2 Å². The van der Waals surface area contributed by atoms with Crippen LogP contribution in [-0.4, -0.2) is 58.6 Å². The summed E-state index contributed by atoms with van der Waals surface area (Å²) in [5.74, 6) is 0.341. The average molecular weight is 941 g/mol. The van der Waals surface area contributed by atoms with Gasteiger partial charge >= 0.3 is 8.80 Å². The number of methoxy groups -OCH3 is 2. The van der Waals surface area contributed by atoms with E-state index in [-0.39, 0.29) is 0 Å². The minimum absolute atomic E-state index is 0.290. The Morgan fingerprint density at radius 3 is 1.70 bits per heavy atom. The van der Waals surface area contributed by atoms with E-state index < -0.39 is 59.7 Å². The van der Waals surface area contributed by atoms with Gasteiger partial charge in [-0.2, -0.15) is 0 Å². The molecule has 0 spiro atoms. The second-order valence-corrected chi connectivity index (χ2v) is 24.1. The van der Waals surface area contributed by atoms with Gasteiger partial charge in [-0.15, -0.1) is 0 Å². The van der Waals surface area contributed by atoms with E-state index in [1.807, 2.05) is 125 Å². The molecule has 0 N–H and O–H groups in total. The first-order valence-electron chi connectivity index (χ1n) is 23.0. The fourth-order valence-corrected chi connectivity index (χ4v) is 13.7. The average Bonchev–Trinajstić information content (AvgIpc) is 3.45. The van der Waals surface area contributed by atoms with Crippen LogP contribution in [0.25, 0.3) is 28.0 Å². The summed E-state index contributed by atoms with van der Waals surface area (Å²) >= 11 is 0. The topological polar surface area (TPSA) is 73.8 Å². The zero-order valence-corrected chi connectivity index (χ0v) is 42.8. The second kappa shape index (κ2) is 17.9. The molecule has 12 heteroatoms. The van der Waals surface area contributed by atoms with Crippen molar-refractivity contribution in [2.75, 3.05) is 27.4 Å². The molecule has 1 unspecified atom stereocenters. The summed E-state index contributed by atoms with van der Waals surface area (Å²) in [6, 6.07) is 20.4. The Bertz CT molecular complexity index is 2610. The van der Waals surface area contributed by atoms with E-state index in [4.69, 9.17) is 37.0 Å². The molecule has 8 nitrogen and oxygen atoms in total. The Morgan fingerprint density at radius 2 is 1.16 bits per heavy atom. The van der Waals surface area contributed by atoms with E-state index in [9.17, 15) is 4.39 Å². The molecule has 2 aliphatic rings. The van der Waals surface area contributed by atoms with Crippen LogP contribution >= 0.6 is 0 Å². The van der Waals surface area contributed by atoms with Crippen LogP contribution in [0.4, 0.5) is 13.2 Å². The summed E-state index contributed by atoms with van der Waals surface area (Å²) < 4.78 is 97.2. The van der Waals surface area contributed by atoms with E-state index in [1.54, 1.807) is 26.4 Å². The number of hydrogen-bond acceptors (Lipinski definition) is 8. The Morgan fingerprint density at radius 1 is 0.627 bits per heavy atom. The molecular weight excluding hydrogens is 874 g/mol. The summed E-state index contributed by atoms with van der Waals surface area (Å²) in [4.78, 5) is 0. The zero-order chi connectivity index (χ0) is 49.1. The Hall–Kier alpha value is -4.85. The Balaban J connectivity index is 1.18. The van der Waals surface area contributed by atoms with E-state index in [0.29, 0.717) is 81.7 Å². The van der Waals surface area contributed by atoms with E-state index in [0.717, 1.165) is 22.8 Å². The summed E-state index contributed by atoms with van der Waals surface area (Å²) in [6.07, 6.45) is 4.56. The molecule has 0 fully saturated rings. The van der Waals surface area contributed by atoms with Gasteiger partial charge in [0, 0.05) is 45.2 Å².